The second kappa shape index (κ2) is 7.35. The van der Waals surface area contributed by atoms with Crippen molar-refractivity contribution in [3.63, 3.8) is 0 Å². The smallest absolute Gasteiger partial charge is 0.148 e. The van der Waals surface area contributed by atoms with E-state index in [9.17, 15) is 8.42 Å². The molecule has 1 aromatic rings. The van der Waals surface area contributed by atoms with E-state index in [0.29, 0.717) is 6.54 Å². The number of anilines is 1. The monoisotopic (exact) mass is 286 g/mol. The van der Waals surface area contributed by atoms with Gasteiger partial charge in [-0.05, 0) is 12.1 Å². The highest BCUT2D eigenvalue weighted by molar-refractivity contribution is 7.90. The molecule has 0 aromatic heterocycles. The molecule has 108 valence electrons. The molecule has 0 radical (unpaired) electrons. The molecule has 0 heterocycles. The van der Waals surface area contributed by atoms with Gasteiger partial charge >= 0.3 is 0 Å². The van der Waals surface area contributed by atoms with Crippen molar-refractivity contribution < 1.29 is 13.2 Å². The SMILES string of the molecule is COc1cccc(N(C)CCNCCS(C)(=O)=O)c1. The van der Waals surface area contributed by atoms with Crippen molar-refractivity contribution in [2.75, 3.05) is 50.7 Å². The first-order chi connectivity index (χ1) is 8.92. The van der Waals surface area contributed by atoms with Gasteiger partial charge in [0.2, 0.25) is 0 Å². The van der Waals surface area contributed by atoms with Gasteiger partial charge < -0.3 is 15.0 Å². The fourth-order valence-corrected chi connectivity index (χ4v) is 2.12. The molecule has 19 heavy (non-hydrogen) atoms. The maximum Gasteiger partial charge on any atom is 0.148 e. The Labute approximate surface area is 115 Å². The van der Waals surface area contributed by atoms with Crippen molar-refractivity contribution in [2.45, 2.75) is 0 Å². The molecule has 0 unspecified atom stereocenters. The van der Waals surface area contributed by atoms with Crippen LogP contribution in [0.4, 0.5) is 5.69 Å². The Hall–Kier alpha value is -1.27. The quantitative estimate of drug-likeness (QED) is 0.715. The fourth-order valence-electron chi connectivity index (χ4n) is 1.61. The minimum absolute atomic E-state index is 0.176. The van der Waals surface area contributed by atoms with E-state index < -0.39 is 9.84 Å². The Morgan fingerprint density at radius 2 is 2.05 bits per heavy atom. The third-order valence-electron chi connectivity index (χ3n) is 2.77. The van der Waals surface area contributed by atoms with Gasteiger partial charge in [-0.2, -0.15) is 0 Å². The first-order valence-corrected chi connectivity index (χ1v) is 8.22. The Kier molecular flexibility index (Phi) is 6.11. The van der Waals surface area contributed by atoms with E-state index in [-0.39, 0.29) is 5.75 Å². The summed E-state index contributed by atoms with van der Waals surface area (Å²) >= 11 is 0. The van der Waals surface area contributed by atoms with E-state index in [4.69, 9.17) is 4.74 Å². The Bertz CT molecular complexity index is 488. The number of nitrogens with zero attached hydrogens (tertiary/aromatic N) is 1. The van der Waals surface area contributed by atoms with Gasteiger partial charge in [-0.3, -0.25) is 0 Å². The molecular formula is C13H22N2O3S. The third kappa shape index (κ3) is 6.45. The van der Waals surface area contributed by atoms with Gasteiger partial charge in [0.25, 0.3) is 0 Å². The zero-order valence-corrected chi connectivity index (χ0v) is 12.5. The maximum absolute atomic E-state index is 11.0. The molecule has 0 atom stereocenters. The zero-order chi connectivity index (χ0) is 14.3. The number of methoxy groups -OCH3 is 1. The van der Waals surface area contributed by atoms with Crippen LogP contribution in [0.1, 0.15) is 0 Å². The van der Waals surface area contributed by atoms with Gasteiger partial charge in [-0.1, -0.05) is 6.07 Å². The molecule has 0 amide bonds. The molecule has 0 aliphatic carbocycles. The first kappa shape index (κ1) is 15.8. The molecule has 1 aromatic carbocycles. The summed E-state index contributed by atoms with van der Waals surface area (Å²) in [6.45, 7) is 2.03. The molecule has 0 saturated heterocycles. The second-order valence-electron chi connectivity index (χ2n) is 4.50. The van der Waals surface area contributed by atoms with Gasteiger partial charge in [0.05, 0.1) is 12.9 Å². The van der Waals surface area contributed by atoms with Crippen molar-refractivity contribution in [1.29, 1.82) is 0 Å². The Morgan fingerprint density at radius 1 is 1.32 bits per heavy atom. The number of ether oxygens (including phenoxy) is 1. The molecule has 0 saturated carbocycles. The van der Waals surface area contributed by atoms with Crippen LogP contribution in [0, 0.1) is 0 Å². The molecule has 5 nitrogen and oxygen atoms in total. The molecule has 1 N–H and O–H groups in total. The number of sulfone groups is 1. The van der Waals surface area contributed by atoms with Gasteiger partial charge in [0.1, 0.15) is 15.6 Å². The Morgan fingerprint density at radius 3 is 2.68 bits per heavy atom. The molecule has 1 rings (SSSR count). The molecule has 6 heteroatoms. The molecule has 0 spiro atoms. The van der Waals surface area contributed by atoms with Crippen molar-refractivity contribution in [3.05, 3.63) is 24.3 Å². The van der Waals surface area contributed by atoms with Gasteiger partial charge in [0.15, 0.2) is 0 Å². The number of rotatable bonds is 8. The van der Waals surface area contributed by atoms with E-state index >= 15 is 0 Å². The topological polar surface area (TPSA) is 58.6 Å². The summed E-state index contributed by atoms with van der Waals surface area (Å²) in [7, 11) is 0.759. The molecule has 0 fully saturated rings. The summed E-state index contributed by atoms with van der Waals surface area (Å²) in [5.41, 5.74) is 1.07. The summed E-state index contributed by atoms with van der Waals surface area (Å²) in [6, 6.07) is 7.83. The van der Waals surface area contributed by atoms with E-state index in [0.717, 1.165) is 24.5 Å². The summed E-state index contributed by atoms with van der Waals surface area (Å²) < 4.78 is 27.1. The van der Waals surface area contributed by atoms with Crippen LogP contribution >= 0.6 is 0 Å². The lowest BCUT2D eigenvalue weighted by Gasteiger charge is -2.20. The van der Waals surface area contributed by atoms with Crippen molar-refractivity contribution in [3.8, 4) is 5.75 Å². The molecule has 0 aliphatic heterocycles. The normalized spacial score (nSPS) is 11.3. The minimum atomic E-state index is -2.88. The van der Waals surface area contributed by atoms with Crippen LogP contribution in [0.25, 0.3) is 0 Å². The number of likely N-dealkylation sites (N-methyl/N-ethyl adjacent to an activating group) is 1. The van der Waals surface area contributed by atoms with E-state index in [2.05, 4.69) is 10.2 Å². The standard InChI is InChI=1S/C13H22N2O3S/c1-15(9-7-14-8-10-19(3,16)17)12-5-4-6-13(11-12)18-2/h4-6,11,14H,7-10H2,1-3H3. The highest BCUT2D eigenvalue weighted by atomic mass is 32.2. The highest BCUT2D eigenvalue weighted by Crippen LogP contribution is 2.19. The van der Waals surface area contributed by atoms with Crippen LogP contribution in [-0.2, 0) is 9.84 Å². The molecule has 0 bridgehead atoms. The highest BCUT2D eigenvalue weighted by Gasteiger charge is 2.03. The second-order valence-corrected chi connectivity index (χ2v) is 6.76. The largest absolute Gasteiger partial charge is 0.497 e. The van der Waals surface area contributed by atoms with Crippen LogP contribution in [-0.4, -0.2) is 54.2 Å². The summed E-state index contributed by atoms with van der Waals surface area (Å²) in [6.07, 6.45) is 1.25. The zero-order valence-electron chi connectivity index (χ0n) is 11.7. The van der Waals surface area contributed by atoms with Crippen molar-refractivity contribution in [2.24, 2.45) is 0 Å². The average Bonchev–Trinajstić information content (AvgIpc) is 2.37. The maximum atomic E-state index is 11.0. The van der Waals surface area contributed by atoms with Crippen LogP contribution in [0.15, 0.2) is 24.3 Å². The fraction of sp³-hybridized carbons (Fsp3) is 0.538. The van der Waals surface area contributed by atoms with Crippen molar-refractivity contribution in [1.82, 2.24) is 5.32 Å². The number of benzene rings is 1. The minimum Gasteiger partial charge on any atom is -0.497 e. The molecular weight excluding hydrogens is 264 g/mol. The summed E-state index contributed by atoms with van der Waals surface area (Å²) in [5, 5.41) is 3.12. The van der Waals surface area contributed by atoms with Crippen LogP contribution in [0.5, 0.6) is 5.75 Å². The first-order valence-electron chi connectivity index (χ1n) is 6.16. The lowest BCUT2D eigenvalue weighted by molar-refractivity contribution is 0.415. The predicted octanol–water partition coefficient (Wildman–Crippen LogP) is 0.766. The van der Waals surface area contributed by atoms with Crippen LogP contribution in [0.3, 0.4) is 0 Å². The van der Waals surface area contributed by atoms with Crippen molar-refractivity contribution >= 4 is 15.5 Å². The lowest BCUT2D eigenvalue weighted by atomic mass is 10.3. The Balaban J connectivity index is 2.32. The van der Waals surface area contributed by atoms with Gasteiger partial charge in [-0.25, -0.2) is 8.42 Å². The third-order valence-corrected chi connectivity index (χ3v) is 3.71. The van der Waals surface area contributed by atoms with E-state index in [1.54, 1.807) is 7.11 Å². The van der Waals surface area contributed by atoms with E-state index in [1.807, 2.05) is 31.3 Å². The van der Waals surface area contributed by atoms with Gasteiger partial charge in [0, 0.05) is 44.7 Å². The number of hydrogen-bond donors (Lipinski definition) is 1. The van der Waals surface area contributed by atoms with Crippen LogP contribution in [0.2, 0.25) is 0 Å². The summed E-state index contributed by atoms with van der Waals surface area (Å²) in [4.78, 5) is 2.09. The van der Waals surface area contributed by atoms with Crippen LogP contribution < -0.4 is 15.0 Å². The van der Waals surface area contributed by atoms with E-state index in [1.165, 1.54) is 6.26 Å². The predicted molar refractivity (Wildman–Crippen MR) is 78.8 cm³/mol. The van der Waals surface area contributed by atoms with Gasteiger partial charge in [-0.15, -0.1) is 0 Å². The lowest BCUT2D eigenvalue weighted by Crippen LogP contribution is -2.31. The molecule has 0 aliphatic rings. The summed E-state index contributed by atoms with van der Waals surface area (Å²) in [5.74, 6) is 1.00. The average molecular weight is 286 g/mol. The number of hydrogen-bond acceptors (Lipinski definition) is 5. The number of nitrogens with one attached hydrogen (secondary N) is 1.